The maximum absolute atomic E-state index is 5.87. The third kappa shape index (κ3) is 1.36. The first kappa shape index (κ1) is 8.71. The summed E-state index contributed by atoms with van der Waals surface area (Å²) in [6, 6.07) is 0. The van der Waals surface area contributed by atoms with E-state index in [-0.39, 0.29) is 0 Å². The monoisotopic (exact) mass is 215 g/mol. The van der Waals surface area contributed by atoms with E-state index in [2.05, 4.69) is 20.3 Å². The molecule has 0 unspecified atom stereocenters. The van der Waals surface area contributed by atoms with Crippen molar-refractivity contribution in [2.45, 2.75) is 5.16 Å². The van der Waals surface area contributed by atoms with E-state index in [1.807, 2.05) is 6.26 Å². The second-order valence-corrected chi connectivity index (χ2v) is 3.52. The van der Waals surface area contributed by atoms with Crippen LogP contribution >= 0.6 is 23.4 Å². The van der Waals surface area contributed by atoms with Crippen LogP contribution in [0.4, 0.5) is 0 Å². The molecule has 2 heterocycles. The van der Waals surface area contributed by atoms with Crippen molar-refractivity contribution in [1.82, 2.24) is 25.0 Å². The molecule has 0 saturated heterocycles. The van der Waals surface area contributed by atoms with Crippen LogP contribution in [-0.4, -0.2) is 31.2 Å². The van der Waals surface area contributed by atoms with Gasteiger partial charge in [-0.3, -0.25) is 0 Å². The van der Waals surface area contributed by atoms with Crippen LogP contribution in [0.1, 0.15) is 0 Å². The molecule has 5 nitrogen and oxygen atoms in total. The van der Waals surface area contributed by atoms with E-state index in [0.29, 0.717) is 21.5 Å². The van der Waals surface area contributed by atoms with Crippen molar-refractivity contribution >= 4 is 34.5 Å². The van der Waals surface area contributed by atoms with Crippen LogP contribution in [0.25, 0.3) is 11.2 Å². The molecule has 2 aromatic heterocycles. The van der Waals surface area contributed by atoms with Gasteiger partial charge in [0.25, 0.3) is 0 Å². The zero-order chi connectivity index (χ0) is 9.42. The van der Waals surface area contributed by atoms with Crippen molar-refractivity contribution in [3.8, 4) is 0 Å². The second kappa shape index (κ2) is 3.12. The van der Waals surface area contributed by atoms with Gasteiger partial charge in [0.15, 0.2) is 21.5 Å². The molecule has 0 atom stereocenters. The summed E-state index contributed by atoms with van der Waals surface area (Å²) in [5.74, 6) is 0. The van der Waals surface area contributed by atoms with Gasteiger partial charge in [-0.25, -0.2) is 14.6 Å². The fraction of sp³-hybridized carbons (Fsp3) is 0.333. The lowest BCUT2D eigenvalue weighted by Crippen LogP contribution is -1.94. The van der Waals surface area contributed by atoms with Crippen LogP contribution in [0.5, 0.6) is 0 Å². The van der Waals surface area contributed by atoms with Crippen LogP contribution in [-0.2, 0) is 7.05 Å². The molecule has 13 heavy (non-hydrogen) atoms. The number of thioether (sulfide) groups is 1. The van der Waals surface area contributed by atoms with E-state index in [0.717, 1.165) is 0 Å². The Morgan fingerprint density at radius 2 is 2.15 bits per heavy atom. The number of halogens is 1. The third-order valence-electron chi connectivity index (χ3n) is 1.57. The highest BCUT2D eigenvalue weighted by Gasteiger charge is 2.10. The zero-order valence-corrected chi connectivity index (χ0v) is 8.59. The van der Waals surface area contributed by atoms with E-state index in [9.17, 15) is 0 Å². The van der Waals surface area contributed by atoms with Gasteiger partial charge in [0.2, 0.25) is 0 Å². The molecule has 2 rings (SSSR count). The molecule has 0 amide bonds. The van der Waals surface area contributed by atoms with E-state index >= 15 is 0 Å². The normalized spacial score (nSPS) is 11.0. The number of hydrogen-bond donors (Lipinski definition) is 0. The first-order chi connectivity index (χ1) is 6.22. The molecule has 2 aromatic rings. The topological polar surface area (TPSA) is 56.5 Å². The predicted molar refractivity (Wildman–Crippen MR) is 50.9 cm³/mol. The minimum Gasteiger partial charge on any atom is -0.230 e. The highest BCUT2D eigenvalue weighted by molar-refractivity contribution is 7.98. The summed E-state index contributed by atoms with van der Waals surface area (Å²) >= 11 is 7.31. The summed E-state index contributed by atoms with van der Waals surface area (Å²) in [6.07, 6.45) is 1.89. The molecule has 0 aliphatic rings. The molecule has 0 fully saturated rings. The van der Waals surface area contributed by atoms with E-state index in [1.165, 1.54) is 11.8 Å². The number of nitrogens with zero attached hydrogens (tertiary/aromatic N) is 5. The molecule has 0 bridgehead atoms. The summed E-state index contributed by atoms with van der Waals surface area (Å²) in [7, 11) is 1.77. The average molecular weight is 216 g/mol. The van der Waals surface area contributed by atoms with Gasteiger partial charge in [-0.2, -0.15) is 0 Å². The third-order valence-corrected chi connectivity index (χ3v) is 2.38. The minimum absolute atomic E-state index is 0.349. The van der Waals surface area contributed by atoms with Gasteiger partial charge in [-0.05, 0) is 6.26 Å². The predicted octanol–water partition coefficient (Wildman–Crippen LogP) is 1.13. The van der Waals surface area contributed by atoms with Crippen molar-refractivity contribution in [3.05, 3.63) is 5.15 Å². The van der Waals surface area contributed by atoms with Crippen molar-refractivity contribution in [2.75, 3.05) is 6.26 Å². The summed E-state index contributed by atoms with van der Waals surface area (Å²) < 4.78 is 1.57. The summed E-state index contributed by atoms with van der Waals surface area (Å²) in [5, 5.41) is 8.62. The van der Waals surface area contributed by atoms with Gasteiger partial charge in [0.05, 0.1) is 0 Å². The molecule has 0 aromatic carbocycles. The van der Waals surface area contributed by atoms with Gasteiger partial charge >= 0.3 is 0 Å². The molecule has 68 valence electrons. The van der Waals surface area contributed by atoms with E-state index in [1.54, 1.807) is 11.7 Å². The van der Waals surface area contributed by atoms with E-state index < -0.39 is 0 Å². The molecule has 0 aliphatic heterocycles. The SMILES string of the molecule is CSc1nc(Cl)c2nnn(C)c2n1. The first-order valence-electron chi connectivity index (χ1n) is 3.49. The highest BCUT2D eigenvalue weighted by Crippen LogP contribution is 2.20. The molecule has 0 spiro atoms. The van der Waals surface area contributed by atoms with Gasteiger partial charge in [0.1, 0.15) is 0 Å². The fourth-order valence-corrected chi connectivity index (χ4v) is 1.57. The van der Waals surface area contributed by atoms with Crippen LogP contribution < -0.4 is 0 Å². The maximum Gasteiger partial charge on any atom is 0.190 e. The number of hydrogen-bond acceptors (Lipinski definition) is 5. The van der Waals surface area contributed by atoms with Crippen molar-refractivity contribution < 1.29 is 0 Å². The quantitative estimate of drug-likeness (QED) is 0.406. The van der Waals surface area contributed by atoms with E-state index in [4.69, 9.17) is 11.6 Å². The molecule has 0 radical (unpaired) electrons. The highest BCUT2D eigenvalue weighted by atomic mass is 35.5. The van der Waals surface area contributed by atoms with Gasteiger partial charge in [-0.15, -0.1) is 5.10 Å². The van der Waals surface area contributed by atoms with Crippen LogP contribution in [0.15, 0.2) is 5.16 Å². The second-order valence-electron chi connectivity index (χ2n) is 2.39. The molecular formula is C6H6ClN5S. The van der Waals surface area contributed by atoms with Crippen molar-refractivity contribution in [3.63, 3.8) is 0 Å². The summed E-state index contributed by atoms with van der Waals surface area (Å²) in [5.41, 5.74) is 1.20. The van der Waals surface area contributed by atoms with Crippen molar-refractivity contribution in [2.24, 2.45) is 7.05 Å². The van der Waals surface area contributed by atoms with Gasteiger partial charge < -0.3 is 0 Å². The Balaban J connectivity index is 2.80. The lowest BCUT2D eigenvalue weighted by Gasteiger charge is -1.96. The summed E-state index contributed by atoms with van der Waals surface area (Å²) in [6.45, 7) is 0. The first-order valence-corrected chi connectivity index (χ1v) is 5.09. The average Bonchev–Trinajstić information content (AvgIpc) is 2.48. The fourth-order valence-electron chi connectivity index (χ4n) is 0.955. The molecule has 7 heteroatoms. The largest absolute Gasteiger partial charge is 0.230 e. The summed E-state index contributed by atoms with van der Waals surface area (Å²) in [4.78, 5) is 8.25. The van der Waals surface area contributed by atoms with Gasteiger partial charge in [0, 0.05) is 7.05 Å². The van der Waals surface area contributed by atoms with Crippen LogP contribution in [0, 0.1) is 0 Å². The Kier molecular flexibility index (Phi) is 2.09. The Morgan fingerprint density at radius 3 is 2.85 bits per heavy atom. The number of rotatable bonds is 1. The van der Waals surface area contributed by atoms with Crippen molar-refractivity contribution in [1.29, 1.82) is 0 Å². The zero-order valence-electron chi connectivity index (χ0n) is 7.02. The smallest absolute Gasteiger partial charge is 0.190 e. The Hall–Kier alpha value is -0.880. The lowest BCUT2D eigenvalue weighted by molar-refractivity contribution is 0.726. The Bertz CT molecular complexity index is 453. The molecule has 0 saturated carbocycles. The number of fused-ring (bicyclic) bond motifs is 1. The Labute approximate surface area is 83.5 Å². The number of aryl methyl sites for hydroxylation is 1. The maximum atomic E-state index is 5.87. The standard InChI is InChI=1S/C6H6ClN5S/c1-12-5-3(10-11-12)4(7)8-6(9-5)13-2/h1-2H3. The molecular weight excluding hydrogens is 210 g/mol. The molecule has 0 N–H and O–H groups in total. The van der Waals surface area contributed by atoms with Gasteiger partial charge in [-0.1, -0.05) is 28.6 Å². The van der Waals surface area contributed by atoms with Crippen LogP contribution in [0.2, 0.25) is 5.15 Å². The Morgan fingerprint density at radius 1 is 1.38 bits per heavy atom. The minimum atomic E-state index is 0.349. The number of aromatic nitrogens is 5. The van der Waals surface area contributed by atoms with Crippen LogP contribution in [0.3, 0.4) is 0 Å². The molecule has 0 aliphatic carbocycles. The lowest BCUT2D eigenvalue weighted by atomic mass is 10.5.